The van der Waals surface area contributed by atoms with Crippen molar-refractivity contribution in [2.45, 2.75) is 26.2 Å². The molecule has 1 rings (SSSR count). The quantitative estimate of drug-likeness (QED) is 0.395. The number of likely N-dealkylation sites (tertiary alicyclic amines) is 1. The van der Waals surface area contributed by atoms with Crippen molar-refractivity contribution in [3.05, 3.63) is 13.8 Å². The fourth-order valence-corrected chi connectivity index (χ4v) is 1.34. The van der Waals surface area contributed by atoms with Gasteiger partial charge in [-0.25, -0.2) is 0 Å². The third-order valence-corrected chi connectivity index (χ3v) is 1.84. The van der Waals surface area contributed by atoms with E-state index in [1.165, 1.54) is 38.9 Å². The van der Waals surface area contributed by atoms with Gasteiger partial charge in [-0.1, -0.05) is 6.92 Å². The molecular formula is C9H19KN-. The number of nitrogens with zero attached hydrogens (tertiary/aromatic N) is 1. The van der Waals surface area contributed by atoms with Crippen LogP contribution in [0.2, 0.25) is 0 Å². The normalized spacial score (nSPS) is 18.3. The molecule has 0 atom stereocenters. The van der Waals surface area contributed by atoms with E-state index in [4.69, 9.17) is 0 Å². The summed E-state index contributed by atoms with van der Waals surface area (Å²) in [5, 5.41) is 0. The molecule has 1 nitrogen and oxygen atoms in total. The van der Waals surface area contributed by atoms with Crippen LogP contribution in [0.5, 0.6) is 0 Å². The van der Waals surface area contributed by atoms with E-state index in [2.05, 4.69) is 18.2 Å². The SMILES string of the molecule is CCCN1CC[CH-]CC1.[CH3-].[K+]. The first-order valence-corrected chi connectivity index (χ1v) is 3.97. The molecule has 62 valence electrons. The van der Waals surface area contributed by atoms with Crippen molar-refractivity contribution in [1.29, 1.82) is 0 Å². The second-order valence-electron chi connectivity index (χ2n) is 2.71. The summed E-state index contributed by atoms with van der Waals surface area (Å²) in [6, 6.07) is 0. The summed E-state index contributed by atoms with van der Waals surface area (Å²) in [4.78, 5) is 2.54. The Balaban J connectivity index is 0. The summed E-state index contributed by atoms with van der Waals surface area (Å²) in [6.07, 6.45) is 6.31. The van der Waals surface area contributed by atoms with Gasteiger partial charge in [0, 0.05) is 0 Å². The van der Waals surface area contributed by atoms with Crippen LogP contribution in [0.25, 0.3) is 0 Å². The van der Waals surface area contributed by atoms with Crippen LogP contribution in [-0.2, 0) is 0 Å². The molecule has 0 N–H and O–H groups in total. The van der Waals surface area contributed by atoms with E-state index < -0.39 is 0 Å². The molecule has 0 saturated carbocycles. The topological polar surface area (TPSA) is 3.24 Å². The Labute approximate surface area is 114 Å². The van der Waals surface area contributed by atoms with E-state index in [1.54, 1.807) is 0 Å². The monoisotopic (exact) mass is 180 g/mol. The molecule has 0 aromatic carbocycles. The van der Waals surface area contributed by atoms with E-state index in [9.17, 15) is 0 Å². The summed E-state index contributed by atoms with van der Waals surface area (Å²) >= 11 is 0. The van der Waals surface area contributed by atoms with Gasteiger partial charge in [-0.15, -0.1) is 0 Å². The second kappa shape index (κ2) is 9.68. The predicted molar refractivity (Wildman–Crippen MR) is 46.7 cm³/mol. The smallest absolute Gasteiger partial charge is 0.358 e. The van der Waals surface area contributed by atoms with Gasteiger partial charge in [-0.05, 0) is 26.1 Å². The molecule has 1 heterocycles. The number of hydrogen-bond acceptors (Lipinski definition) is 1. The summed E-state index contributed by atoms with van der Waals surface area (Å²) < 4.78 is 0. The van der Waals surface area contributed by atoms with Crippen LogP contribution in [-0.4, -0.2) is 24.5 Å². The molecule has 0 radical (unpaired) electrons. The van der Waals surface area contributed by atoms with Crippen LogP contribution < -0.4 is 51.4 Å². The Morgan fingerprint density at radius 3 is 2.27 bits per heavy atom. The first kappa shape index (κ1) is 15.1. The maximum atomic E-state index is 2.54. The number of rotatable bonds is 2. The molecule has 2 heteroatoms. The third-order valence-electron chi connectivity index (χ3n) is 1.84. The van der Waals surface area contributed by atoms with Crippen LogP contribution in [0.3, 0.4) is 0 Å². The average molecular weight is 180 g/mol. The summed E-state index contributed by atoms with van der Waals surface area (Å²) in [7, 11) is 0. The van der Waals surface area contributed by atoms with Crippen molar-refractivity contribution in [3.8, 4) is 0 Å². The molecule has 1 aliphatic heterocycles. The van der Waals surface area contributed by atoms with E-state index in [1.807, 2.05) is 0 Å². The summed E-state index contributed by atoms with van der Waals surface area (Å²) in [5.74, 6) is 0. The van der Waals surface area contributed by atoms with E-state index >= 15 is 0 Å². The molecule has 0 aromatic heterocycles. The standard InChI is InChI=1S/C8H16N.CH3.K/c1-2-6-9-7-4-3-5-8-9;;/h3H,2,4-8H2,1H3;1H3;/q2*-1;+1. The van der Waals surface area contributed by atoms with Crippen molar-refractivity contribution in [2.75, 3.05) is 19.6 Å². The molecule has 0 bridgehead atoms. The second-order valence-corrected chi connectivity index (χ2v) is 2.71. The van der Waals surface area contributed by atoms with Gasteiger partial charge in [-0.2, -0.15) is 12.8 Å². The van der Waals surface area contributed by atoms with Crippen LogP contribution in [0.4, 0.5) is 0 Å². The molecule has 0 aromatic rings. The van der Waals surface area contributed by atoms with Gasteiger partial charge in [0.05, 0.1) is 0 Å². The average Bonchev–Trinajstić information content (AvgIpc) is 1.91. The van der Waals surface area contributed by atoms with E-state index in [0.29, 0.717) is 0 Å². The van der Waals surface area contributed by atoms with Crippen LogP contribution in [0.1, 0.15) is 26.2 Å². The van der Waals surface area contributed by atoms with Crippen molar-refractivity contribution in [1.82, 2.24) is 4.90 Å². The van der Waals surface area contributed by atoms with Crippen molar-refractivity contribution < 1.29 is 51.4 Å². The molecule has 1 aliphatic rings. The van der Waals surface area contributed by atoms with Crippen molar-refractivity contribution in [3.63, 3.8) is 0 Å². The molecule has 0 spiro atoms. The van der Waals surface area contributed by atoms with E-state index in [-0.39, 0.29) is 58.8 Å². The number of hydrogen-bond donors (Lipinski definition) is 0. The zero-order valence-corrected chi connectivity index (χ0v) is 11.4. The van der Waals surface area contributed by atoms with Gasteiger partial charge >= 0.3 is 51.4 Å². The predicted octanol–water partition coefficient (Wildman–Crippen LogP) is -0.849. The Bertz CT molecular complexity index is 67.2. The van der Waals surface area contributed by atoms with Gasteiger partial charge in [0.2, 0.25) is 0 Å². The zero-order chi connectivity index (χ0) is 6.53. The van der Waals surface area contributed by atoms with Gasteiger partial charge < -0.3 is 18.7 Å². The largest absolute Gasteiger partial charge is 1.00 e. The minimum Gasteiger partial charge on any atom is -0.358 e. The van der Waals surface area contributed by atoms with Crippen LogP contribution in [0, 0.1) is 13.8 Å². The van der Waals surface area contributed by atoms with Gasteiger partial charge in [0.15, 0.2) is 0 Å². The Hall–Kier alpha value is 1.60. The summed E-state index contributed by atoms with van der Waals surface area (Å²) in [6.45, 7) is 6.15. The van der Waals surface area contributed by atoms with Crippen molar-refractivity contribution in [2.24, 2.45) is 0 Å². The van der Waals surface area contributed by atoms with Gasteiger partial charge in [0.1, 0.15) is 0 Å². The fraction of sp³-hybridized carbons (Fsp3) is 0.778. The molecule has 0 unspecified atom stereocenters. The van der Waals surface area contributed by atoms with Crippen LogP contribution in [0.15, 0.2) is 0 Å². The molecular weight excluding hydrogens is 161 g/mol. The first-order valence-electron chi connectivity index (χ1n) is 3.97. The third kappa shape index (κ3) is 6.73. The molecule has 0 aliphatic carbocycles. The molecule has 11 heavy (non-hydrogen) atoms. The Morgan fingerprint density at radius 1 is 1.27 bits per heavy atom. The van der Waals surface area contributed by atoms with Crippen molar-refractivity contribution >= 4 is 0 Å². The molecule has 1 saturated heterocycles. The zero-order valence-electron chi connectivity index (χ0n) is 8.27. The maximum absolute atomic E-state index is 2.54. The minimum atomic E-state index is 0. The minimum absolute atomic E-state index is 0. The fourth-order valence-electron chi connectivity index (χ4n) is 1.34. The Kier molecular flexibility index (Phi) is 13.3. The maximum Gasteiger partial charge on any atom is 1.00 e. The molecule has 0 amide bonds. The first-order chi connectivity index (χ1) is 4.43. The van der Waals surface area contributed by atoms with E-state index in [0.717, 1.165) is 0 Å². The van der Waals surface area contributed by atoms with Crippen LogP contribution >= 0.6 is 0 Å². The summed E-state index contributed by atoms with van der Waals surface area (Å²) in [5.41, 5.74) is 0. The molecule has 1 fully saturated rings. The van der Waals surface area contributed by atoms with Gasteiger partial charge in [-0.3, -0.25) is 0 Å². The number of piperidine rings is 1. The van der Waals surface area contributed by atoms with Gasteiger partial charge in [0.25, 0.3) is 0 Å². The Morgan fingerprint density at radius 2 is 1.82 bits per heavy atom.